The third-order valence-electron chi connectivity index (χ3n) is 3.57. The number of hydrogen-bond acceptors (Lipinski definition) is 3. The second kappa shape index (κ2) is 5.45. The fourth-order valence-electron chi connectivity index (χ4n) is 2.42. The molecule has 0 amide bonds. The number of hydrogen-bond donors (Lipinski definition) is 1. The van der Waals surface area contributed by atoms with Crippen LogP contribution in [0.4, 0.5) is 0 Å². The van der Waals surface area contributed by atoms with Gasteiger partial charge in [0.25, 0.3) is 0 Å². The molecule has 0 bridgehead atoms. The highest BCUT2D eigenvalue weighted by Crippen LogP contribution is 2.30. The molecule has 1 saturated carbocycles. The number of halogens is 1. The fraction of sp³-hybridized carbons (Fsp3) is 0.400. The highest BCUT2D eigenvalue weighted by Gasteiger charge is 2.28. The van der Waals surface area contributed by atoms with Crippen LogP contribution in [0.2, 0.25) is 5.15 Å². The first-order valence-electron chi connectivity index (χ1n) is 6.67. The van der Waals surface area contributed by atoms with Crippen molar-refractivity contribution in [2.24, 2.45) is 0 Å². The van der Waals surface area contributed by atoms with E-state index in [0.717, 1.165) is 23.0 Å². The van der Waals surface area contributed by atoms with E-state index in [4.69, 9.17) is 16.7 Å². The van der Waals surface area contributed by atoms with Crippen molar-refractivity contribution in [1.29, 1.82) is 0 Å². The van der Waals surface area contributed by atoms with E-state index >= 15 is 0 Å². The highest BCUT2D eigenvalue weighted by molar-refractivity contribution is 6.30. The van der Waals surface area contributed by atoms with Gasteiger partial charge >= 0.3 is 0 Å². The SMILES string of the molecule is OCCN(Cc1cc2ccccc2nc1Cl)C1CC1. The summed E-state index contributed by atoms with van der Waals surface area (Å²) in [4.78, 5) is 6.73. The predicted molar refractivity (Wildman–Crippen MR) is 77.3 cm³/mol. The van der Waals surface area contributed by atoms with Crippen LogP contribution in [-0.4, -0.2) is 34.2 Å². The molecule has 3 nitrogen and oxygen atoms in total. The molecule has 2 aromatic rings. The number of rotatable bonds is 5. The van der Waals surface area contributed by atoms with Crippen LogP contribution in [0.1, 0.15) is 18.4 Å². The Bertz CT molecular complexity index is 583. The van der Waals surface area contributed by atoms with Gasteiger partial charge in [-0.2, -0.15) is 0 Å². The minimum atomic E-state index is 0.190. The Balaban J connectivity index is 1.88. The molecule has 1 aromatic carbocycles. The van der Waals surface area contributed by atoms with E-state index < -0.39 is 0 Å². The smallest absolute Gasteiger partial charge is 0.134 e. The first-order valence-corrected chi connectivity index (χ1v) is 7.05. The standard InChI is InChI=1S/C15H17ClN2O/c16-15-12(10-18(7-8-19)13-5-6-13)9-11-3-1-2-4-14(11)17-15/h1-4,9,13,19H,5-8,10H2. The molecule has 0 aliphatic heterocycles. The Morgan fingerprint density at radius 3 is 2.84 bits per heavy atom. The van der Waals surface area contributed by atoms with E-state index in [2.05, 4.69) is 22.0 Å². The molecule has 4 heteroatoms. The van der Waals surface area contributed by atoms with Crippen LogP contribution in [0, 0.1) is 0 Å². The molecule has 1 fully saturated rings. The zero-order valence-corrected chi connectivity index (χ0v) is 11.5. The van der Waals surface area contributed by atoms with Crippen LogP contribution in [0.25, 0.3) is 10.9 Å². The van der Waals surface area contributed by atoms with Gasteiger partial charge in [-0.05, 0) is 25.0 Å². The van der Waals surface area contributed by atoms with E-state index in [1.807, 2.05) is 18.2 Å². The molecule has 0 radical (unpaired) electrons. The summed E-state index contributed by atoms with van der Waals surface area (Å²) in [7, 11) is 0. The van der Waals surface area contributed by atoms with Crippen molar-refractivity contribution in [3.8, 4) is 0 Å². The van der Waals surface area contributed by atoms with Crippen molar-refractivity contribution in [1.82, 2.24) is 9.88 Å². The van der Waals surface area contributed by atoms with Gasteiger partial charge in [0, 0.05) is 30.1 Å². The van der Waals surface area contributed by atoms with Crippen molar-refractivity contribution in [2.45, 2.75) is 25.4 Å². The molecule has 1 aliphatic carbocycles. The molecule has 0 spiro atoms. The van der Waals surface area contributed by atoms with Crippen molar-refractivity contribution in [2.75, 3.05) is 13.2 Å². The molecule has 1 aromatic heterocycles. The molecule has 100 valence electrons. The maximum atomic E-state index is 9.14. The number of aliphatic hydroxyl groups excluding tert-OH is 1. The van der Waals surface area contributed by atoms with E-state index in [9.17, 15) is 0 Å². The van der Waals surface area contributed by atoms with Crippen LogP contribution in [0.15, 0.2) is 30.3 Å². The Hall–Kier alpha value is -1.16. The molecule has 3 rings (SSSR count). The average Bonchev–Trinajstić information content (AvgIpc) is 3.23. The molecule has 1 aliphatic rings. The van der Waals surface area contributed by atoms with Crippen LogP contribution < -0.4 is 0 Å². The summed E-state index contributed by atoms with van der Waals surface area (Å²) in [6.45, 7) is 1.66. The summed E-state index contributed by atoms with van der Waals surface area (Å²) in [5, 5.41) is 10.8. The lowest BCUT2D eigenvalue weighted by Gasteiger charge is -2.21. The summed E-state index contributed by atoms with van der Waals surface area (Å²) in [6.07, 6.45) is 2.44. The number of aliphatic hydroxyl groups is 1. The van der Waals surface area contributed by atoms with Gasteiger partial charge in [-0.25, -0.2) is 4.98 Å². The van der Waals surface area contributed by atoms with E-state index in [1.165, 1.54) is 12.8 Å². The Morgan fingerprint density at radius 1 is 1.32 bits per heavy atom. The molecule has 1 heterocycles. The molecule has 0 saturated heterocycles. The topological polar surface area (TPSA) is 36.4 Å². The minimum Gasteiger partial charge on any atom is -0.395 e. The first-order chi connectivity index (χ1) is 9.28. The fourth-order valence-corrected chi connectivity index (χ4v) is 2.63. The van der Waals surface area contributed by atoms with E-state index in [1.54, 1.807) is 0 Å². The summed E-state index contributed by atoms with van der Waals surface area (Å²) in [5.41, 5.74) is 1.97. The van der Waals surface area contributed by atoms with Gasteiger partial charge in [0.2, 0.25) is 0 Å². The second-order valence-corrected chi connectivity index (χ2v) is 5.41. The van der Waals surface area contributed by atoms with E-state index in [0.29, 0.717) is 17.7 Å². The van der Waals surface area contributed by atoms with Crippen molar-refractivity contribution >= 4 is 22.5 Å². The third-order valence-corrected chi connectivity index (χ3v) is 3.90. The summed E-state index contributed by atoms with van der Waals surface area (Å²) >= 11 is 6.27. The lowest BCUT2D eigenvalue weighted by atomic mass is 10.1. The van der Waals surface area contributed by atoms with Gasteiger partial charge in [-0.15, -0.1) is 0 Å². The average molecular weight is 277 g/mol. The minimum absolute atomic E-state index is 0.190. The van der Waals surface area contributed by atoms with Gasteiger partial charge in [0.05, 0.1) is 12.1 Å². The Labute approximate surface area is 117 Å². The van der Waals surface area contributed by atoms with Crippen molar-refractivity contribution in [3.05, 3.63) is 41.0 Å². The number of benzene rings is 1. The number of fused-ring (bicyclic) bond motifs is 1. The second-order valence-electron chi connectivity index (χ2n) is 5.06. The molecule has 0 atom stereocenters. The largest absolute Gasteiger partial charge is 0.395 e. The van der Waals surface area contributed by atoms with Gasteiger partial charge in [-0.1, -0.05) is 29.8 Å². The molecule has 0 unspecified atom stereocenters. The monoisotopic (exact) mass is 276 g/mol. The molecular weight excluding hydrogens is 260 g/mol. The number of aromatic nitrogens is 1. The van der Waals surface area contributed by atoms with Crippen molar-refractivity contribution < 1.29 is 5.11 Å². The molecule has 1 N–H and O–H groups in total. The van der Waals surface area contributed by atoms with Gasteiger partial charge < -0.3 is 5.11 Å². The number of pyridine rings is 1. The van der Waals surface area contributed by atoms with Crippen LogP contribution in [-0.2, 0) is 6.54 Å². The first kappa shape index (κ1) is 12.9. The number of para-hydroxylation sites is 1. The lowest BCUT2D eigenvalue weighted by molar-refractivity contribution is 0.183. The normalized spacial score (nSPS) is 15.3. The zero-order chi connectivity index (χ0) is 13.2. The van der Waals surface area contributed by atoms with Crippen molar-refractivity contribution in [3.63, 3.8) is 0 Å². The quantitative estimate of drug-likeness (QED) is 0.853. The Morgan fingerprint density at radius 2 is 2.11 bits per heavy atom. The summed E-state index contributed by atoms with van der Waals surface area (Å²) < 4.78 is 0. The van der Waals surface area contributed by atoms with Crippen LogP contribution in [0.3, 0.4) is 0 Å². The predicted octanol–water partition coefficient (Wildman–Crippen LogP) is 2.84. The number of nitrogens with zero attached hydrogens (tertiary/aromatic N) is 2. The maximum absolute atomic E-state index is 9.14. The Kier molecular flexibility index (Phi) is 3.69. The maximum Gasteiger partial charge on any atom is 0.134 e. The van der Waals surface area contributed by atoms with Gasteiger partial charge in [0.1, 0.15) is 5.15 Å². The third kappa shape index (κ3) is 2.89. The molecular formula is C15H17ClN2O. The zero-order valence-electron chi connectivity index (χ0n) is 10.7. The van der Waals surface area contributed by atoms with Gasteiger partial charge in [-0.3, -0.25) is 4.90 Å². The van der Waals surface area contributed by atoms with E-state index in [-0.39, 0.29) is 6.61 Å². The molecule has 19 heavy (non-hydrogen) atoms. The van der Waals surface area contributed by atoms with Crippen LogP contribution >= 0.6 is 11.6 Å². The van der Waals surface area contributed by atoms with Crippen LogP contribution in [0.5, 0.6) is 0 Å². The highest BCUT2D eigenvalue weighted by atomic mass is 35.5. The van der Waals surface area contributed by atoms with Gasteiger partial charge in [0.15, 0.2) is 0 Å². The summed E-state index contributed by atoms with van der Waals surface area (Å²) in [6, 6.07) is 10.7. The summed E-state index contributed by atoms with van der Waals surface area (Å²) in [5.74, 6) is 0. The lowest BCUT2D eigenvalue weighted by Crippen LogP contribution is -2.28.